The third-order valence-electron chi connectivity index (χ3n) is 4.14. The number of hydrogen-bond donors (Lipinski definition) is 1. The van der Waals surface area contributed by atoms with E-state index >= 15 is 0 Å². The van der Waals surface area contributed by atoms with Crippen molar-refractivity contribution in [3.8, 4) is 0 Å². The maximum Gasteiger partial charge on any atom is 0.126 e. The van der Waals surface area contributed by atoms with Crippen molar-refractivity contribution < 1.29 is 8.78 Å². The lowest BCUT2D eigenvalue weighted by atomic mass is 9.92. The third kappa shape index (κ3) is 2.34. The van der Waals surface area contributed by atoms with Crippen molar-refractivity contribution in [1.29, 1.82) is 0 Å². The van der Waals surface area contributed by atoms with Crippen LogP contribution in [0.2, 0.25) is 0 Å². The Labute approximate surface area is 117 Å². The van der Waals surface area contributed by atoms with E-state index in [1.165, 1.54) is 23.3 Å². The van der Waals surface area contributed by atoms with Crippen LogP contribution in [0, 0.1) is 17.6 Å². The molecule has 1 aliphatic carbocycles. The molecule has 1 nitrogen and oxygen atoms in total. The van der Waals surface area contributed by atoms with E-state index in [0.29, 0.717) is 12.0 Å². The van der Waals surface area contributed by atoms with Crippen molar-refractivity contribution in [3.63, 3.8) is 0 Å². The molecule has 1 aliphatic rings. The lowest BCUT2D eigenvalue weighted by Gasteiger charge is -2.20. The first-order valence-electron chi connectivity index (χ1n) is 6.88. The second-order valence-electron chi connectivity index (χ2n) is 5.37. The summed E-state index contributed by atoms with van der Waals surface area (Å²) < 4.78 is 27.1. The molecule has 3 heteroatoms. The lowest BCUT2D eigenvalue weighted by molar-refractivity contribution is 0.403. The molecule has 0 saturated carbocycles. The monoisotopic (exact) mass is 273 g/mol. The zero-order chi connectivity index (χ0) is 14.1. The highest BCUT2D eigenvalue weighted by Crippen LogP contribution is 2.37. The van der Waals surface area contributed by atoms with E-state index in [4.69, 9.17) is 0 Å². The Hall–Kier alpha value is -1.74. The number of rotatable bonds is 3. The summed E-state index contributed by atoms with van der Waals surface area (Å²) in [5.41, 5.74) is 3.04. The number of hydrogen-bond acceptors (Lipinski definition) is 1. The van der Waals surface area contributed by atoms with Gasteiger partial charge in [-0.25, -0.2) is 8.78 Å². The van der Waals surface area contributed by atoms with Crippen molar-refractivity contribution in [2.75, 3.05) is 7.05 Å². The molecule has 3 rings (SSSR count). The fraction of sp³-hybridized carbons (Fsp3) is 0.294. The average Bonchev–Trinajstić information content (AvgIpc) is 2.80. The van der Waals surface area contributed by atoms with Crippen LogP contribution in [-0.4, -0.2) is 7.05 Å². The molecular formula is C17H17F2N. The van der Waals surface area contributed by atoms with Gasteiger partial charge in [0.15, 0.2) is 0 Å². The van der Waals surface area contributed by atoms with Crippen LogP contribution >= 0.6 is 0 Å². The van der Waals surface area contributed by atoms with Gasteiger partial charge < -0.3 is 5.32 Å². The first-order chi connectivity index (χ1) is 9.69. The average molecular weight is 273 g/mol. The summed E-state index contributed by atoms with van der Waals surface area (Å²) in [5.74, 6) is -0.441. The minimum Gasteiger partial charge on any atom is -0.313 e. The highest BCUT2D eigenvalue weighted by Gasteiger charge is 2.31. The predicted molar refractivity (Wildman–Crippen MR) is 75.5 cm³/mol. The van der Waals surface area contributed by atoms with Gasteiger partial charge >= 0.3 is 0 Å². The summed E-state index contributed by atoms with van der Waals surface area (Å²) in [6.45, 7) is 0. The van der Waals surface area contributed by atoms with Crippen molar-refractivity contribution in [1.82, 2.24) is 5.32 Å². The van der Waals surface area contributed by atoms with Crippen molar-refractivity contribution in [2.45, 2.75) is 18.9 Å². The number of nitrogens with one attached hydrogen (secondary N) is 1. The Kier molecular flexibility index (Phi) is 3.53. The van der Waals surface area contributed by atoms with E-state index in [9.17, 15) is 8.78 Å². The molecule has 2 unspecified atom stereocenters. The zero-order valence-electron chi connectivity index (χ0n) is 11.4. The van der Waals surface area contributed by atoms with E-state index in [-0.39, 0.29) is 23.6 Å². The van der Waals surface area contributed by atoms with E-state index in [0.717, 1.165) is 12.5 Å². The maximum atomic E-state index is 13.8. The molecule has 0 spiro atoms. The minimum absolute atomic E-state index is 0.203. The molecule has 1 N–H and O–H groups in total. The van der Waals surface area contributed by atoms with Crippen molar-refractivity contribution in [3.05, 3.63) is 70.8 Å². The number of fused-ring (bicyclic) bond motifs is 1. The zero-order valence-corrected chi connectivity index (χ0v) is 11.4. The van der Waals surface area contributed by atoms with Gasteiger partial charge in [-0.1, -0.05) is 24.3 Å². The van der Waals surface area contributed by atoms with E-state index in [2.05, 4.69) is 17.4 Å². The van der Waals surface area contributed by atoms with Gasteiger partial charge in [0.2, 0.25) is 0 Å². The lowest BCUT2D eigenvalue weighted by Crippen LogP contribution is -2.23. The molecule has 0 saturated heterocycles. The van der Waals surface area contributed by atoms with Gasteiger partial charge in [0.1, 0.15) is 11.6 Å². The number of benzene rings is 2. The van der Waals surface area contributed by atoms with Crippen molar-refractivity contribution in [2.24, 2.45) is 5.92 Å². The van der Waals surface area contributed by atoms with Crippen molar-refractivity contribution >= 4 is 0 Å². The largest absolute Gasteiger partial charge is 0.313 e. The van der Waals surface area contributed by atoms with Crippen LogP contribution in [0.3, 0.4) is 0 Å². The van der Waals surface area contributed by atoms with Crippen LogP contribution in [0.25, 0.3) is 0 Å². The number of halogens is 2. The SMILES string of the molecule is CNC1c2ccccc2CC1Cc1cc(F)ccc1F. The van der Waals surface area contributed by atoms with Crippen LogP contribution in [0.4, 0.5) is 8.78 Å². The van der Waals surface area contributed by atoms with Gasteiger partial charge in [-0.05, 0) is 60.7 Å². The fourth-order valence-corrected chi connectivity index (χ4v) is 3.24. The maximum absolute atomic E-state index is 13.8. The smallest absolute Gasteiger partial charge is 0.126 e. The summed E-state index contributed by atoms with van der Waals surface area (Å²) in [7, 11) is 1.92. The van der Waals surface area contributed by atoms with E-state index in [1.54, 1.807) is 0 Å². The summed E-state index contributed by atoms with van der Waals surface area (Å²) >= 11 is 0. The highest BCUT2D eigenvalue weighted by molar-refractivity contribution is 5.36. The Morgan fingerprint density at radius 2 is 1.95 bits per heavy atom. The first-order valence-corrected chi connectivity index (χ1v) is 6.88. The molecule has 2 atom stereocenters. The standard InChI is InChI=1S/C17H17F2N/c1-20-17-13(8-11-4-2-3-5-15(11)17)9-12-10-14(18)6-7-16(12)19/h2-7,10,13,17,20H,8-9H2,1H3. The predicted octanol–water partition coefficient (Wildman–Crippen LogP) is 3.64. The molecule has 0 radical (unpaired) electrons. The second-order valence-corrected chi connectivity index (χ2v) is 5.37. The molecule has 104 valence electrons. The van der Waals surface area contributed by atoms with Crippen LogP contribution in [0.15, 0.2) is 42.5 Å². The van der Waals surface area contributed by atoms with E-state index < -0.39 is 0 Å². The molecule has 2 aromatic rings. The molecule has 0 amide bonds. The topological polar surface area (TPSA) is 12.0 Å². The Bertz CT molecular complexity index is 624. The fourth-order valence-electron chi connectivity index (χ4n) is 3.24. The first kappa shape index (κ1) is 13.3. The molecule has 0 bridgehead atoms. The van der Waals surface area contributed by atoms with Gasteiger partial charge in [0.05, 0.1) is 0 Å². The minimum atomic E-state index is -0.377. The summed E-state index contributed by atoms with van der Waals surface area (Å²) in [6, 6.07) is 12.2. The third-order valence-corrected chi connectivity index (χ3v) is 4.14. The Morgan fingerprint density at radius 3 is 2.75 bits per heavy atom. The van der Waals surface area contributed by atoms with Gasteiger partial charge in [-0.15, -0.1) is 0 Å². The van der Waals surface area contributed by atoms with Gasteiger partial charge in [-0.2, -0.15) is 0 Å². The second kappa shape index (κ2) is 5.33. The van der Waals surface area contributed by atoms with Crippen LogP contribution in [-0.2, 0) is 12.8 Å². The molecule has 0 aliphatic heterocycles. The molecule has 2 aromatic carbocycles. The van der Waals surface area contributed by atoms with Gasteiger partial charge in [0.25, 0.3) is 0 Å². The highest BCUT2D eigenvalue weighted by atomic mass is 19.1. The van der Waals surface area contributed by atoms with Gasteiger partial charge in [0, 0.05) is 6.04 Å². The van der Waals surface area contributed by atoms with E-state index in [1.807, 2.05) is 19.2 Å². The molecule has 0 heterocycles. The van der Waals surface area contributed by atoms with Crippen LogP contribution in [0.1, 0.15) is 22.7 Å². The summed E-state index contributed by atoms with van der Waals surface area (Å²) in [5, 5.41) is 3.31. The molecule has 20 heavy (non-hydrogen) atoms. The summed E-state index contributed by atoms with van der Waals surface area (Å²) in [6.07, 6.45) is 1.45. The normalized spacial score (nSPS) is 20.9. The Morgan fingerprint density at radius 1 is 1.15 bits per heavy atom. The quantitative estimate of drug-likeness (QED) is 0.900. The molecule has 0 aromatic heterocycles. The van der Waals surface area contributed by atoms with Crippen LogP contribution in [0.5, 0.6) is 0 Å². The Balaban J connectivity index is 1.87. The van der Waals surface area contributed by atoms with Gasteiger partial charge in [-0.3, -0.25) is 0 Å². The molecular weight excluding hydrogens is 256 g/mol. The van der Waals surface area contributed by atoms with Crippen LogP contribution < -0.4 is 5.32 Å². The summed E-state index contributed by atoms with van der Waals surface area (Å²) in [4.78, 5) is 0. The molecule has 0 fully saturated rings.